The Morgan fingerprint density at radius 2 is 2.15 bits per heavy atom. The van der Waals surface area contributed by atoms with Crippen LogP contribution < -0.4 is 10.6 Å². The number of carbonyl (C=O) groups excluding carboxylic acids is 1. The summed E-state index contributed by atoms with van der Waals surface area (Å²) in [5.74, 6) is -0.0371. The predicted molar refractivity (Wildman–Crippen MR) is 79.6 cm³/mol. The largest absolute Gasteiger partial charge is 0.380 e. The normalized spacial score (nSPS) is 17.4. The first kappa shape index (κ1) is 14.8. The predicted octanol–water partition coefficient (Wildman–Crippen LogP) is 0.914. The lowest BCUT2D eigenvalue weighted by Crippen LogP contribution is -2.42. The van der Waals surface area contributed by atoms with Crippen LogP contribution >= 0.6 is 0 Å². The van der Waals surface area contributed by atoms with Gasteiger partial charge in [0, 0.05) is 38.4 Å². The van der Waals surface area contributed by atoms with E-state index in [1.165, 1.54) is 0 Å². The molecule has 2 N–H and O–H groups in total. The summed E-state index contributed by atoms with van der Waals surface area (Å²) in [6.07, 6.45) is 5.99. The molecule has 0 saturated carbocycles. The third-order valence-electron chi connectivity index (χ3n) is 3.85. The van der Waals surface area contributed by atoms with Crippen LogP contribution in [0, 0.1) is 0 Å². The van der Waals surface area contributed by atoms with Gasteiger partial charge >= 0.3 is 0 Å². The molecule has 1 aromatic rings. The zero-order chi connectivity index (χ0) is 14.5. The highest BCUT2D eigenvalue weighted by Crippen LogP contribution is 2.17. The van der Waals surface area contributed by atoms with Crippen LogP contribution in [0.5, 0.6) is 0 Å². The number of hydrogen-bond acceptors (Lipinski definition) is 4. The molecule has 1 aliphatic rings. The van der Waals surface area contributed by atoms with Gasteiger partial charge in [0.25, 0.3) is 0 Å². The number of anilines is 1. The van der Waals surface area contributed by atoms with Crippen LogP contribution in [0.2, 0.25) is 0 Å². The van der Waals surface area contributed by atoms with Crippen molar-refractivity contribution in [1.82, 2.24) is 20.0 Å². The first-order valence-electron chi connectivity index (χ1n) is 7.32. The Bertz CT molecular complexity index is 435. The molecule has 1 amide bonds. The highest BCUT2D eigenvalue weighted by molar-refractivity contribution is 5.75. The van der Waals surface area contributed by atoms with Gasteiger partial charge in [-0.15, -0.1) is 0 Å². The molecule has 1 saturated heterocycles. The van der Waals surface area contributed by atoms with E-state index in [9.17, 15) is 4.79 Å². The minimum Gasteiger partial charge on any atom is -0.380 e. The van der Waals surface area contributed by atoms with E-state index in [-0.39, 0.29) is 12.5 Å². The number of likely N-dealkylation sites (tertiary alicyclic amines) is 1. The third kappa shape index (κ3) is 3.96. The molecule has 2 rings (SSSR count). The van der Waals surface area contributed by atoms with E-state index in [2.05, 4.69) is 34.5 Å². The van der Waals surface area contributed by atoms with Gasteiger partial charge in [-0.1, -0.05) is 0 Å². The van der Waals surface area contributed by atoms with Gasteiger partial charge in [0.1, 0.15) is 6.54 Å². The molecule has 1 aromatic heterocycles. The maximum Gasteiger partial charge on any atom is 0.241 e. The highest BCUT2D eigenvalue weighted by Gasteiger charge is 2.20. The molecule has 0 unspecified atom stereocenters. The van der Waals surface area contributed by atoms with Crippen molar-refractivity contribution in [2.45, 2.75) is 45.3 Å². The van der Waals surface area contributed by atoms with E-state index < -0.39 is 0 Å². The maximum absolute atomic E-state index is 11.3. The summed E-state index contributed by atoms with van der Waals surface area (Å²) in [4.78, 5) is 13.8. The standard InChI is InChI=1S/C14H25N5O/c1-11(2)18-6-4-12(5-7-18)17-13-8-16-19(9-13)10-14(20)15-3/h8-9,11-12,17H,4-7,10H2,1-3H3,(H,15,20). The quantitative estimate of drug-likeness (QED) is 0.841. The number of nitrogens with zero attached hydrogens (tertiary/aromatic N) is 3. The fraction of sp³-hybridized carbons (Fsp3) is 0.714. The first-order valence-corrected chi connectivity index (χ1v) is 7.32. The number of nitrogens with one attached hydrogen (secondary N) is 2. The lowest BCUT2D eigenvalue weighted by molar-refractivity contribution is -0.121. The van der Waals surface area contributed by atoms with Gasteiger partial charge < -0.3 is 15.5 Å². The Hall–Kier alpha value is -1.56. The number of carbonyl (C=O) groups is 1. The molecule has 0 spiro atoms. The first-order chi connectivity index (χ1) is 9.58. The zero-order valence-corrected chi connectivity index (χ0v) is 12.6. The highest BCUT2D eigenvalue weighted by atomic mass is 16.1. The van der Waals surface area contributed by atoms with E-state index in [4.69, 9.17) is 0 Å². The lowest BCUT2D eigenvalue weighted by Gasteiger charge is -2.35. The number of amides is 1. The monoisotopic (exact) mass is 279 g/mol. The van der Waals surface area contributed by atoms with Gasteiger partial charge in [-0.2, -0.15) is 5.10 Å². The Labute approximate surface area is 120 Å². The minimum absolute atomic E-state index is 0.0371. The van der Waals surface area contributed by atoms with Crippen molar-refractivity contribution in [3.05, 3.63) is 12.4 Å². The summed E-state index contributed by atoms with van der Waals surface area (Å²) in [7, 11) is 1.63. The van der Waals surface area contributed by atoms with E-state index >= 15 is 0 Å². The van der Waals surface area contributed by atoms with Crippen LogP contribution in [0.25, 0.3) is 0 Å². The number of hydrogen-bond donors (Lipinski definition) is 2. The topological polar surface area (TPSA) is 62.2 Å². The van der Waals surface area contributed by atoms with Gasteiger partial charge in [-0.05, 0) is 26.7 Å². The van der Waals surface area contributed by atoms with Crippen molar-refractivity contribution in [2.24, 2.45) is 0 Å². The summed E-state index contributed by atoms with van der Waals surface area (Å²) in [6.45, 7) is 7.04. The van der Waals surface area contributed by atoms with Gasteiger partial charge in [-0.25, -0.2) is 0 Å². The average Bonchev–Trinajstić information content (AvgIpc) is 2.86. The second-order valence-electron chi connectivity index (χ2n) is 5.65. The Morgan fingerprint density at radius 3 is 2.75 bits per heavy atom. The molecule has 6 heteroatoms. The van der Waals surface area contributed by atoms with Crippen molar-refractivity contribution in [1.29, 1.82) is 0 Å². The third-order valence-corrected chi connectivity index (χ3v) is 3.85. The molecular weight excluding hydrogens is 254 g/mol. The molecule has 0 radical (unpaired) electrons. The molecule has 0 atom stereocenters. The summed E-state index contributed by atoms with van der Waals surface area (Å²) < 4.78 is 1.66. The fourth-order valence-electron chi connectivity index (χ4n) is 2.55. The van der Waals surface area contributed by atoms with Crippen molar-refractivity contribution in [3.8, 4) is 0 Å². The number of likely N-dealkylation sites (N-methyl/N-ethyl adjacent to an activating group) is 1. The second-order valence-corrected chi connectivity index (χ2v) is 5.65. The van der Waals surface area contributed by atoms with Crippen LogP contribution in [-0.2, 0) is 11.3 Å². The fourth-order valence-corrected chi connectivity index (χ4v) is 2.55. The van der Waals surface area contributed by atoms with Gasteiger partial charge in [-0.3, -0.25) is 9.48 Å². The summed E-state index contributed by atoms with van der Waals surface area (Å²) >= 11 is 0. The molecule has 2 heterocycles. The molecular formula is C14H25N5O. The summed E-state index contributed by atoms with van der Waals surface area (Å²) in [5.41, 5.74) is 0.997. The summed E-state index contributed by atoms with van der Waals surface area (Å²) in [5, 5.41) is 10.3. The van der Waals surface area contributed by atoms with Gasteiger partial charge in [0.2, 0.25) is 5.91 Å². The maximum atomic E-state index is 11.3. The van der Waals surface area contributed by atoms with Crippen LogP contribution in [0.15, 0.2) is 12.4 Å². The molecule has 1 fully saturated rings. The lowest BCUT2D eigenvalue weighted by atomic mass is 10.0. The van der Waals surface area contributed by atoms with E-state index in [0.717, 1.165) is 31.6 Å². The van der Waals surface area contributed by atoms with Gasteiger partial charge in [0.15, 0.2) is 0 Å². The van der Waals surface area contributed by atoms with E-state index in [1.54, 1.807) is 17.9 Å². The SMILES string of the molecule is CNC(=O)Cn1cc(NC2CCN(C(C)C)CC2)cn1. The molecule has 6 nitrogen and oxygen atoms in total. The second kappa shape index (κ2) is 6.74. The Kier molecular flexibility index (Phi) is 5.00. The number of piperidine rings is 1. The van der Waals surface area contributed by atoms with Crippen LogP contribution in [0.4, 0.5) is 5.69 Å². The smallest absolute Gasteiger partial charge is 0.241 e. The molecule has 20 heavy (non-hydrogen) atoms. The minimum atomic E-state index is -0.0371. The van der Waals surface area contributed by atoms with Crippen molar-refractivity contribution in [3.63, 3.8) is 0 Å². The summed E-state index contributed by atoms with van der Waals surface area (Å²) in [6, 6.07) is 1.13. The van der Waals surface area contributed by atoms with Crippen molar-refractivity contribution in [2.75, 3.05) is 25.5 Å². The molecule has 112 valence electrons. The van der Waals surface area contributed by atoms with Crippen LogP contribution in [-0.4, -0.2) is 52.8 Å². The van der Waals surface area contributed by atoms with Crippen molar-refractivity contribution >= 4 is 11.6 Å². The average molecular weight is 279 g/mol. The van der Waals surface area contributed by atoms with E-state index in [1.807, 2.05) is 6.20 Å². The zero-order valence-electron chi connectivity index (χ0n) is 12.6. The Morgan fingerprint density at radius 1 is 1.45 bits per heavy atom. The molecule has 0 aliphatic carbocycles. The number of aromatic nitrogens is 2. The van der Waals surface area contributed by atoms with Crippen molar-refractivity contribution < 1.29 is 4.79 Å². The molecule has 0 aromatic carbocycles. The van der Waals surface area contributed by atoms with Crippen LogP contribution in [0.3, 0.4) is 0 Å². The molecule has 0 bridgehead atoms. The van der Waals surface area contributed by atoms with Gasteiger partial charge in [0.05, 0.1) is 11.9 Å². The number of rotatable bonds is 5. The Balaban J connectivity index is 1.81. The van der Waals surface area contributed by atoms with E-state index in [0.29, 0.717) is 12.1 Å². The van der Waals surface area contributed by atoms with Crippen LogP contribution in [0.1, 0.15) is 26.7 Å². The molecule has 1 aliphatic heterocycles.